The average molecular weight is 276 g/mol. The van der Waals surface area contributed by atoms with Gasteiger partial charge in [-0.05, 0) is 37.4 Å². The second kappa shape index (κ2) is 6.27. The van der Waals surface area contributed by atoms with Gasteiger partial charge < -0.3 is 10.8 Å². The van der Waals surface area contributed by atoms with Gasteiger partial charge in [-0.3, -0.25) is 4.90 Å². The first kappa shape index (κ1) is 14.9. The fourth-order valence-corrected chi connectivity index (χ4v) is 3.35. The van der Waals surface area contributed by atoms with Crippen molar-refractivity contribution in [2.24, 2.45) is 5.92 Å². The number of benzene rings is 1. The Kier molecular flexibility index (Phi) is 4.65. The van der Waals surface area contributed by atoms with Crippen molar-refractivity contribution in [3.05, 3.63) is 29.3 Å². The third kappa shape index (κ3) is 3.12. The van der Waals surface area contributed by atoms with Crippen LogP contribution >= 0.6 is 0 Å². The normalized spacial score (nSPS) is 22.9. The lowest BCUT2D eigenvalue weighted by Crippen LogP contribution is -2.38. The van der Waals surface area contributed by atoms with Gasteiger partial charge in [-0.15, -0.1) is 0 Å². The van der Waals surface area contributed by atoms with Crippen LogP contribution in [0.15, 0.2) is 18.2 Å². The summed E-state index contributed by atoms with van der Waals surface area (Å²) in [7, 11) is 2.08. The average Bonchev–Trinajstić information content (AvgIpc) is 2.38. The molecule has 20 heavy (non-hydrogen) atoms. The molecule has 0 spiro atoms. The van der Waals surface area contributed by atoms with E-state index in [0.717, 1.165) is 5.56 Å². The van der Waals surface area contributed by atoms with Crippen LogP contribution in [0.1, 0.15) is 48.5 Å². The number of carbonyl (C=O) groups is 1. The van der Waals surface area contributed by atoms with Gasteiger partial charge >= 0.3 is 5.97 Å². The van der Waals surface area contributed by atoms with E-state index in [-0.39, 0.29) is 5.56 Å². The molecule has 0 radical (unpaired) electrons. The van der Waals surface area contributed by atoms with Crippen molar-refractivity contribution >= 4 is 11.7 Å². The van der Waals surface area contributed by atoms with Crippen molar-refractivity contribution in [2.45, 2.75) is 45.2 Å². The summed E-state index contributed by atoms with van der Waals surface area (Å²) < 4.78 is 0. The summed E-state index contributed by atoms with van der Waals surface area (Å²) in [6.45, 7) is 2.93. The number of carboxylic acids is 1. The molecule has 2 atom stereocenters. The van der Waals surface area contributed by atoms with Crippen LogP contribution in [0.3, 0.4) is 0 Å². The Morgan fingerprint density at radius 2 is 2.10 bits per heavy atom. The largest absolute Gasteiger partial charge is 0.478 e. The van der Waals surface area contributed by atoms with E-state index in [2.05, 4.69) is 18.9 Å². The van der Waals surface area contributed by atoms with E-state index < -0.39 is 5.97 Å². The smallest absolute Gasteiger partial charge is 0.338 e. The Balaban J connectivity index is 2.17. The molecular weight excluding hydrogens is 252 g/mol. The molecule has 1 aromatic carbocycles. The highest BCUT2D eigenvalue weighted by molar-refractivity contribution is 5.95. The van der Waals surface area contributed by atoms with Crippen LogP contribution in [-0.2, 0) is 6.54 Å². The number of carboxylic acid groups (broad SMARTS) is 1. The van der Waals surface area contributed by atoms with Crippen LogP contribution in [0.25, 0.3) is 0 Å². The Hall–Kier alpha value is -1.55. The van der Waals surface area contributed by atoms with E-state index in [4.69, 9.17) is 5.73 Å². The highest BCUT2D eigenvalue weighted by Crippen LogP contribution is 2.29. The summed E-state index contributed by atoms with van der Waals surface area (Å²) in [4.78, 5) is 13.6. The zero-order valence-electron chi connectivity index (χ0n) is 12.3. The first-order valence-electron chi connectivity index (χ1n) is 7.31. The van der Waals surface area contributed by atoms with Gasteiger partial charge in [0.25, 0.3) is 0 Å². The molecular formula is C16H24N2O2. The van der Waals surface area contributed by atoms with E-state index in [9.17, 15) is 9.90 Å². The maximum atomic E-state index is 11.4. The van der Waals surface area contributed by atoms with Crippen molar-refractivity contribution in [1.82, 2.24) is 4.90 Å². The molecule has 0 heterocycles. The van der Waals surface area contributed by atoms with E-state index in [1.165, 1.54) is 25.7 Å². The summed E-state index contributed by atoms with van der Waals surface area (Å²) in [6.07, 6.45) is 5.03. The van der Waals surface area contributed by atoms with Crippen molar-refractivity contribution < 1.29 is 9.90 Å². The molecule has 2 unspecified atom stereocenters. The second-order valence-electron chi connectivity index (χ2n) is 5.93. The van der Waals surface area contributed by atoms with Crippen LogP contribution in [0.5, 0.6) is 0 Å². The maximum absolute atomic E-state index is 11.4. The first-order valence-corrected chi connectivity index (χ1v) is 7.31. The summed E-state index contributed by atoms with van der Waals surface area (Å²) >= 11 is 0. The molecule has 0 bridgehead atoms. The minimum Gasteiger partial charge on any atom is -0.478 e. The first-order chi connectivity index (χ1) is 9.50. The van der Waals surface area contributed by atoms with Crippen molar-refractivity contribution in [3.63, 3.8) is 0 Å². The topological polar surface area (TPSA) is 66.6 Å². The number of nitrogens with zero attached hydrogens (tertiary/aromatic N) is 1. The van der Waals surface area contributed by atoms with Gasteiger partial charge in [0.2, 0.25) is 0 Å². The Labute approximate surface area is 120 Å². The fourth-order valence-electron chi connectivity index (χ4n) is 3.35. The molecule has 4 nitrogen and oxygen atoms in total. The lowest BCUT2D eigenvalue weighted by Gasteiger charge is -2.36. The van der Waals surface area contributed by atoms with E-state index in [1.807, 2.05) is 12.1 Å². The Morgan fingerprint density at radius 1 is 1.40 bits per heavy atom. The number of anilines is 1. The second-order valence-corrected chi connectivity index (χ2v) is 5.93. The third-order valence-corrected chi connectivity index (χ3v) is 4.45. The van der Waals surface area contributed by atoms with Gasteiger partial charge in [-0.2, -0.15) is 0 Å². The molecule has 110 valence electrons. The third-order valence-electron chi connectivity index (χ3n) is 4.45. The minimum atomic E-state index is -0.941. The summed E-state index contributed by atoms with van der Waals surface area (Å²) in [5.41, 5.74) is 7.21. The number of hydrogen-bond acceptors (Lipinski definition) is 3. The summed E-state index contributed by atoms with van der Waals surface area (Å²) in [6, 6.07) is 5.88. The monoisotopic (exact) mass is 276 g/mol. The highest BCUT2D eigenvalue weighted by Gasteiger charge is 2.26. The SMILES string of the molecule is CC1CCCCC1N(C)Cc1cccc(N)c1C(=O)O. The van der Waals surface area contributed by atoms with Crippen LogP contribution < -0.4 is 5.73 Å². The van der Waals surface area contributed by atoms with Crippen LogP contribution in [0.4, 0.5) is 5.69 Å². The fraction of sp³-hybridized carbons (Fsp3) is 0.562. The van der Waals surface area contributed by atoms with Gasteiger partial charge in [-0.1, -0.05) is 31.9 Å². The molecule has 3 N–H and O–H groups in total. The number of nitrogens with two attached hydrogens (primary N) is 1. The van der Waals surface area contributed by atoms with Gasteiger partial charge in [0.15, 0.2) is 0 Å². The Bertz CT molecular complexity index is 487. The molecule has 0 aromatic heterocycles. The Morgan fingerprint density at radius 3 is 2.75 bits per heavy atom. The van der Waals surface area contributed by atoms with E-state index in [0.29, 0.717) is 24.2 Å². The van der Waals surface area contributed by atoms with Crippen molar-refractivity contribution in [3.8, 4) is 0 Å². The van der Waals surface area contributed by atoms with E-state index in [1.54, 1.807) is 6.07 Å². The van der Waals surface area contributed by atoms with Gasteiger partial charge in [0, 0.05) is 18.3 Å². The van der Waals surface area contributed by atoms with Crippen LogP contribution in [-0.4, -0.2) is 29.1 Å². The maximum Gasteiger partial charge on any atom is 0.338 e. The highest BCUT2D eigenvalue weighted by atomic mass is 16.4. The molecule has 4 heteroatoms. The van der Waals surface area contributed by atoms with Crippen molar-refractivity contribution in [1.29, 1.82) is 0 Å². The van der Waals surface area contributed by atoms with Crippen LogP contribution in [0.2, 0.25) is 0 Å². The van der Waals surface area contributed by atoms with Gasteiger partial charge in [-0.25, -0.2) is 4.79 Å². The summed E-state index contributed by atoms with van der Waals surface area (Å²) in [5, 5.41) is 9.32. The molecule has 1 fully saturated rings. The number of aromatic carboxylic acids is 1. The predicted molar refractivity (Wildman–Crippen MR) is 80.7 cm³/mol. The molecule has 1 aliphatic rings. The molecule has 1 aromatic rings. The zero-order chi connectivity index (χ0) is 14.7. The lowest BCUT2D eigenvalue weighted by molar-refractivity contribution is 0.0694. The minimum absolute atomic E-state index is 0.253. The van der Waals surface area contributed by atoms with Gasteiger partial charge in [0.05, 0.1) is 5.56 Å². The zero-order valence-corrected chi connectivity index (χ0v) is 12.3. The molecule has 1 saturated carbocycles. The van der Waals surface area contributed by atoms with Crippen LogP contribution in [0, 0.1) is 5.92 Å². The molecule has 2 rings (SSSR count). The predicted octanol–water partition coefficient (Wildman–Crippen LogP) is 2.98. The molecule has 0 amide bonds. The number of rotatable bonds is 4. The van der Waals surface area contributed by atoms with Crippen molar-refractivity contribution in [2.75, 3.05) is 12.8 Å². The molecule has 0 aliphatic heterocycles. The lowest BCUT2D eigenvalue weighted by atomic mass is 9.85. The number of hydrogen-bond donors (Lipinski definition) is 2. The number of nitrogen functional groups attached to an aromatic ring is 1. The van der Waals surface area contributed by atoms with E-state index >= 15 is 0 Å². The quantitative estimate of drug-likeness (QED) is 0.830. The van der Waals surface area contributed by atoms with Gasteiger partial charge in [0.1, 0.15) is 0 Å². The molecule has 1 aliphatic carbocycles. The standard InChI is InChI=1S/C16H24N2O2/c1-11-6-3-4-9-14(11)18(2)10-12-7-5-8-13(17)15(12)16(19)20/h5,7-8,11,14H,3-4,6,9-10,17H2,1-2H3,(H,19,20). The molecule has 0 saturated heterocycles. The summed E-state index contributed by atoms with van der Waals surface area (Å²) in [5.74, 6) is -0.272.